The average Bonchev–Trinajstić information content (AvgIpc) is 4.00. The van der Waals surface area contributed by atoms with Crippen LogP contribution in [0.15, 0.2) is 53.5 Å². The normalized spacial score (nSPS) is 34.4. The van der Waals surface area contributed by atoms with Crippen LogP contribution in [-0.2, 0) is 24.0 Å². The number of hydrogen-bond donors (Lipinski definition) is 7. The minimum atomic E-state index is -0.910. The maximum absolute atomic E-state index is 12.7. The van der Waals surface area contributed by atoms with Crippen LogP contribution in [0.25, 0.3) is 11.1 Å². The molecular formula is C63H87N3O9. The Morgan fingerprint density at radius 1 is 0.853 bits per heavy atom. The van der Waals surface area contributed by atoms with E-state index in [4.69, 9.17) is 29.7 Å². The zero-order chi connectivity index (χ0) is 52.2. The van der Waals surface area contributed by atoms with Gasteiger partial charge in [-0.05, 0) is 195 Å². The summed E-state index contributed by atoms with van der Waals surface area (Å²) in [6.45, 7) is 8.55. The van der Waals surface area contributed by atoms with Gasteiger partial charge in [-0.2, -0.15) is 0 Å². The third-order valence-electron chi connectivity index (χ3n) is 20.6. The zero-order valence-corrected chi connectivity index (χ0v) is 45.3. The van der Waals surface area contributed by atoms with Gasteiger partial charge < -0.3 is 55.5 Å². The topological polar surface area (TPSA) is 188 Å². The first kappa shape index (κ1) is 52.6. The van der Waals surface area contributed by atoms with E-state index in [1.54, 1.807) is 13.2 Å². The van der Waals surface area contributed by atoms with E-state index in [1.807, 2.05) is 24.3 Å². The number of benzene rings is 3. The number of nitrogens with two attached hydrogens (primary N) is 1. The van der Waals surface area contributed by atoms with Crippen LogP contribution in [0.2, 0.25) is 0 Å². The fraction of sp³-hybridized carbons (Fsp3) is 0.667. The number of fused-ring (bicyclic) bond motifs is 2. The summed E-state index contributed by atoms with van der Waals surface area (Å²) in [7, 11) is 1.72. The van der Waals surface area contributed by atoms with E-state index in [-0.39, 0.29) is 64.5 Å². The van der Waals surface area contributed by atoms with Crippen molar-refractivity contribution in [3.63, 3.8) is 0 Å². The highest BCUT2D eigenvalue weighted by atomic mass is 16.5. The molecule has 6 aliphatic heterocycles. The van der Waals surface area contributed by atoms with Gasteiger partial charge in [0.1, 0.15) is 29.5 Å². The minimum absolute atomic E-state index is 0.00335. The van der Waals surface area contributed by atoms with Crippen LogP contribution in [0.5, 0.6) is 28.7 Å². The van der Waals surface area contributed by atoms with E-state index >= 15 is 0 Å². The summed E-state index contributed by atoms with van der Waals surface area (Å²) in [5, 5.41) is 62.2. The van der Waals surface area contributed by atoms with Crippen molar-refractivity contribution in [2.45, 2.75) is 185 Å². The van der Waals surface area contributed by atoms with Crippen molar-refractivity contribution < 1.29 is 44.5 Å². The number of hydrogen-bond acceptors (Lipinski definition) is 12. The van der Waals surface area contributed by atoms with Crippen LogP contribution < -0.4 is 25.3 Å². The lowest BCUT2D eigenvalue weighted by atomic mass is 9.56. The molecule has 0 radical (unpaired) electrons. The molecule has 4 fully saturated rings. The summed E-state index contributed by atoms with van der Waals surface area (Å²) >= 11 is 0. The van der Waals surface area contributed by atoms with E-state index in [2.05, 4.69) is 44.3 Å². The summed E-state index contributed by atoms with van der Waals surface area (Å²) in [6, 6.07) is 11.4. The van der Waals surface area contributed by atoms with Gasteiger partial charge in [0.2, 0.25) is 0 Å². The summed E-state index contributed by atoms with van der Waals surface area (Å²) < 4.78 is 26.9. The van der Waals surface area contributed by atoms with E-state index < -0.39 is 18.3 Å². The molecular weight excluding hydrogens is 943 g/mol. The number of aliphatic imine (C=N–C) groups is 1. The molecule has 3 aromatic rings. The Kier molecular flexibility index (Phi) is 15.0. The number of ether oxygens (including phenoxy) is 4. The lowest BCUT2D eigenvalue weighted by molar-refractivity contribution is -0.157. The molecule has 8 N–H and O–H groups in total. The molecule has 0 aromatic heterocycles. The Morgan fingerprint density at radius 2 is 1.67 bits per heavy atom. The van der Waals surface area contributed by atoms with Crippen LogP contribution >= 0.6 is 0 Å². The summed E-state index contributed by atoms with van der Waals surface area (Å²) in [6.07, 6.45) is 20.6. The molecule has 0 unspecified atom stereocenters. The van der Waals surface area contributed by atoms with Gasteiger partial charge >= 0.3 is 0 Å². The molecule has 8 bridgehead atoms. The minimum Gasteiger partial charge on any atom is -0.508 e. The number of aliphatic hydroxyl groups excluding tert-OH is 3. The largest absolute Gasteiger partial charge is 0.508 e. The Labute approximate surface area is 445 Å². The number of rotatable bonds is 5. The quantitative estimate of drug-likeness (QED) is 0.121. The second kappa shape index (κ2) is 21.4. The molecule has 3 spiro atoms. The number of allylic oxidation sites excluding steroid dienone is 2. The maximum atomic E-state index is 12.7. The van der Waals surface area contributed by atoms with Gasteiger partial charge in [-0.25, -0.2) is 0 Å². The fourth-order valence-corrected chi connectivity index (χ4v) is 16.9. The van der Waals surface area contributed by atoms with Crippen molar-refractivity contribution >= 4 is 5.96 Å². The van der Waals surface area contributed by atoms with Crippen LogP contribution in [0.3, 0.4) is 0 Å². The molecule has 12 heteroatoms. The van der Waals surface area contributed by atoms with Crippen molar-refractivity contribution in [2.24, 2.45) is 57.1 Å². The number of aliphatic hydroxyl groups is 3. The molecule has 12 atom stereocenters. The Bertz CT molecular complexity index is 2610. The number of phenols is 2. The first-order valence-electron chi connectivity index (χ1n) is 29.3. The summed E-state index contributed by atoms with van der Waals surface area (Å²) in [5.74, 6) is 3.49. The molecule has 1 saturated heterocycles. The summed E-state index contributed by atoms with van der Waals surface area (Å²) in [5.41, 5.74) is 13.5. The van der Waals surface area contributed by atoms with Crippen molar-refractivity contribution in [1.82, 2.24) is 5.32 Å². The molecule has 408 valence electrons. The number of nitrogens with zero attached hydrogens (tertiary/aromatic N) is 1. The van der Waals surface area contributed by atoms with Gasteiger partial charge in [0, 0.05) is 55.8 Å². The van der Waals surface area contributed by atoms with Crippen molar-refractivity contribution in [2.75, 3.05) is 33.4 Å². The van der Waals surface area contributed by atoms with Crippen molar-refractivity contribution in [1.29, 1.82) is 0 Å². The van der Waals surface area contributed by atoms with E-state index in [1.165, 1.54) is 12.8 Å². The van der Waals surface area contributed by atoms with Gasteiger partial charge in [-0.15, -0.1) is 0 Å². The number of phenolic OH excluding ortho intramolecular Hbond substituents is 2. The Balaban J connectivity index is 1.01. The van der Waals surface area contributed by atoms with Gasteiger partial charge in [-0.3, -0.25) is 4.99 Å². The van der Waals surface area contributed by atoms with Gasteiger partial charge in [0.05, 0.1) is 24.9 Å². The van der Waals surface area contributed by atoms with Gasteiger partial charge in [0.15, 0.2) is 17.5 Å². The van der Waals surface area contributed by atoms with E-state index in [9.17, 15) is 25.5 Å². The molecule has 75 heavy (non-hydrogen) atoms. The third kappa shape index (κ3) is 9.94. The van der Waals surface area contributed by atoms with Crippen molar-refractivity contribution in [3.05, 3.63) is 76.4 Å². The van der Waals surface area contributed by atoms with Crippen molar-refractivity contribution in [3.8, 4) is 39.9 Å². The predicted octanol–water partition coefficient (Wildman–Crippen LogP) is 10.8. The third-order valence-corrected chi connectivity index (χ3v) is 20.6. The van der Waals surface area contributed by atoms with Crippen LogP contribution in [0.1, 0.15) is 170 Å². The monoisotopic (exact) mass is 1030 g/mol. The van der Waals surface area contributed by atoms with E-state index in [0.29, 0.717) is 91.6 Å². The smallest absolute Gasteiger partial charge is 0.188 e. The number of guanidine groups is 1. The second-order valence-corrected chi connectivity index (χ2v) is 25.3. The zero-order valence-electron chi connectivity index (χ0n) is 45.3. The number of aromatic hydroxyl groups is 2. The average molecular weight is 1030 g/mol. The molecule has 3 aromatic carbocycles. The van der Waals surface area contributed by atoms with Crippen LogP contribution in [-0.4, -0.2) is 88.8 Å². The first-order chi connectivity index (χ1) is 36.2. The fourth-order valence-electron chi connectivity index (χ4n) is 16.9. The molecule has 0 amide bonds. The number of nitrogens with one attached hydrogen (secondary N) is 1. The maximum Gasteiger partial charge on any atom is 0.188 e. The van der Waals surface area contributed by atoms with E-state index in [0.717, 1.165) is 123 Å². The molecule has 5 aliphatic carbocycles. The lowest BCUT2D eigenvalue weighted by Crippen LogP contribution is -2.52. The Hall–Kier alpha value is -4.49. The SMILES string of the molecule is CC[C@@H]1C[C@@H]2C=C[C@H]1C[C@H](O)C[C@@]1(CCC[C@@]13CCOC1(CCCC1)C3)CN=C(N)NCC[C@@H]1[C@@H](CO)CCC[C@H]1Oc1cc(ccc1O)[C@@H]1Oc3cc(OC)c4c(c3C[C@H]1O)[C@@H]2Cc1cc(O)c(CC(C)C)cc1-4. The van der Waals surface area contributed by atoms with Crippen LogP contribution in [0.4, 0.5) is 0 Å². The lowest BCUT2D eigenvalue weighted by Gasteiger charge is -2.54. The molecule has 6 heterocycles. The molecule has 3 saturated carbocycles. The standard InChI is InChI=1S/C63H87N3O9/c1-5-38-25-40-13-12-39(38)26-45(68)33-62(18-9-17-61(62)21-23-73-63(35-61)19-6-7-20-63)36-66-60(64)65-22-16-46-42(34-67)10-8-11-53(46)74-55-30-41(14-15-50(55)69)59-52(71)31-49-54(75-59)32-56(72-4)58-48-28-44(24-37(2)3)51(70)29-43(48)27-47(40)57(49)58/h12-15,28-30,32,37-40,42,45-47,52-53,59,67-71H,5-11,16-27,31,33-36H2,1-4H3,(H3,64,65,66)/t38-,39+,40+,42-,45+,46-,47-,52-,53-,59+,61+,62+/m1/s1. The molecule has 11 aliphatic rings. The highest BCUT2D eigenvalue weighted by Gasteiger charge is 2.60. The Morgan fingerprint density at radius 3 is 2.45 bits per heavy atom. The van der Waals surface area contributed by atoms with Crippen LogP contribution in [0, 0.1) is 46.3 Å². The first-order valence-corrected chi connectivity index (χ1v) is 29.3. The van der Waals surface area contributed by atoms with Gasteiger partial charge in [0.25, 0.3) is 0 Å². The highest BCUT2D eigenvalue weighted by Crippen LogP contribution is 2.65. The summed E-state index contributed by atoms with van der Waals surface area (Å²) in [4.78, 5) is 5.22. The molecule has 12 nitrogen and oxygen atoms in total. The van der Waals surface area contributed by atoms with Gasteiger partial charge in [-0.1, -0.05) is 64.7 Å². The highest BCUT2D eigenvalue weighted by molar-refractivity contribution is 5.84. The predicted molar refractivity (Wildman–Crippen MR) is 293 cm³/mol. The number of methoxy groups -OCH3 is 1. The second-order valence-electron chi connectivity index (χ2n) is 25.3. The molecule has 14 rings (SSSR count).